The first-order valence-corrected chi connectivity index (χ1v) is 16.6. The Labute approximate surface area is 293 Å². The molecule has 0 N–H and O–H groups in total. The van der Waals surface area contributed by atoms with Crippen LogP contribution < -0.4 is 9.47 Å². The van der Waals surface area contributed by atoms with E-state index in [1.807, 2.05) is 41.3 Å². The van der Waals surface area contributed by atoms with E-state index in [-0.39, 0.29) is 41.9 Å². The summed E-state index contributed by atoms with van der Waals surface area (Å²) in [5.74, 6) is -0.720. The third-order valence-corrected chi connectivity index (χ3v) is 9.72. The molecule has 2 atom stereocenters. The predicted octanol–water partition coefficient (Wildman–Crippen LogP) is 4.94. The Morgan fingerprint density at radius 1 is 0.882 bits per heavy atom. The van der Waals surface area contributed by atoms with E-state index in [1.165, 1.54) is 31.4 Å². The lowest BCUT2D eigenvalue weighted by atomic mass is 9.81. The zero-order valence-electron chi connectivity index (χ0n) is 28.1. The second-order valence-corrected chi connectivity index (χ2v) is 12.7. The molecular weight excluding hydrogens is 661 g/mol. The highest BCUT2D eigenvalue weighted by atomic mass is 19.4. The Hall–Kier alpha value is -5.34. The van der Waals surface area contributed by atoms with Gasteiger partial charge in [0, 0.05) is 69.7 Å². The quantitative estimate of drug-likeness (QED) is 0.212. The average molecular weight is 699 g/mol. The van der Waals surface area contributed by atoms with Gasteiger partial charge in [-0.2, -0.15) is 17.9 Å². The van der Waals surface area contributed by atoms with E-state index in [1.54, 1.807) is 30.6 Å². The Kier molecular flexibility index (Phi) is 9.69. The standard InChI is InChI=1S/C37H37F3N8O3/c1-50-32-16-15-30(48-36(37(38,39)40)42-43-44-48)34(51-2)29(32)23-45-21-28-22-46(35(49)27-14-9-17-41-20-27)18-19-47(28)31(24-45)33(25-10-5-3-6-11-25)26-12-7-4-8-13-26/h3-17,20,28,31,33H,18-19,21-24H2,1-2H3. The van der Waals surface area contributed by atoms with Gasteiger partial charge in [-0.15, -0.1) is 5.10 Å². The summed E-state index contributed by atoms with van der Waals surface area (Å²) in [7, 11) is 2.92. The van der Waals surface area contributed by atoms with Crippen LogP contribution in [0.15, 0.2) is 97.3 Å². The Balaban J connectivity index is 1.29. The third kappa shape index (κ3) is 6.88. The fraction of sp³-hybridized carbons (Fsp3) is 0.324. The maximum atomic E-state index is 13.9. The van der Waals surface area contributed by atoms with Gasteiger partial charge >= 0.3 is 6.18 Å². The molecule has 0 bridgehead atoms. The number of fused-ring (bicyclic) bond motifs is 1. The monoisotopic (exact) mass is 698 g/mol. The molecule has 2 aromatic heterocycles. The van der Waals surface area contributed by atoms with Crippen molar-refractivity contribution in [1.29, 1.82) is 0 Å². The van der Waals surface area contributed by atoms with Crippen molar-refractivity contribution >= 4 is 5.91 Å². The highest BCUT2D eigenvalue weighted by molar-refractivity contribution is 5.94. The maximum Gasteiger partial charge on any atom is 0.453 e. The smallest absolute Gasteiger partial charge is 0.453 e. The van der Waals surface area contributed by atoms with Gasteiger partial charge in [0.15, 0.2) is 5.75 Å². The van der Waals surface area contributed by atoms with E-state index in [9.17, 15) is 18.0 Å². The number of methoxy groups -OCH3 is 2. The van der Waals surface area contributed by atoms with E-state index in [2.05, 4.69) is 54.6 Å². The van der Waals surface area contributed by atoms with Crippen LogP contribution in [0.3, 0.4) is 0 Å². The van der Waals surface area contributed by atoms with E-state index in [0.717, 1.165) is 0 Å². The van der Waals surface area contributed by atoms with Crippen LogP contribution >= 0.6 is 0 Å². The van der Waals surface area contributed by atoms with Crippen LogP contribution in [0.25, 0.3) is 5.69 Å². The average Bonchev–Trinajstić information content (AvgIpc) is 3.67. The van der Waals surface area contributed by atoms with Crippen LogP contribution in [0.2, 0.25) is 0 Å². The number of rotatable bonds is 9. The van der Waals surface area contributed by atoms with Gasteiger partial charge in [0.2, 0.25) is 0 Å². The summed E-state index contributed by atoms with van der Waals surface area (Å²) in [6, 6.07) is 27.3. The van der Waals surface area contributed by atoms with Crippen molar-refractivity contribution in [2.24, 2.45) is 0 Å². The summed E-state index contributed by atoms with van der Waals surface area (Å²) < 4.78 is 53.9. The zero-order valence-corrected chi connectivity index (χ0v) is 28.1. The molecule has 2 aliphatic rings. The Bertz CT molecular complexity index is 1910. The number of hydrogen-bond acceptors (Lipinski definition) is 9. The Morgan fingerprint density at radius 2 is 1.61 bits per heavy atom. The number of aromatic nitrogens is 5. The van der Waals surface area contributed by atoms with Crippen LogP contribution in [-0.4, -0.2) is 105 Å². The number of tetrazole rings is 1. The molecule has 11 nitrogen and oxygen atoms in total. The molecule has 7 rings (SSSR count). The van der Waals surface area contributed by atoms with E-state index in [4.69, 9.17) is 9.47 Å². The number of halogens is 3. The fourth-order valence-electron chi connectivity index (χ4n) is 7.53. The normalized spacial score (nSPS) is 18.4. The number of benzene rings is 3. The second-order valence-electron chi connectivity index (χ2n) is 12.7. The number of carbonyl (C=O) groups is 1. The summed E-state index contributed by atoms with van der Waals surface area (Å²) in [4.78, 5) is 24.5. The largest absolute Gasteiger partial charge is 0.496 e. The first kappa shape index (κ1) is 34.1. The number of nitrogens with zero attached hydrogens (tertiary/aromatic N) is 8. The lowest BCUT2D eigenvalue weighted by Gasteiger charge is -2.53. The van der Waals surface area contributed by atoms with Gasteiger partial charge in [0.25, 0.3) is 11.7 Å². The molecule has 1 amide bonds. The fourth-order valence-corrected chi connectivity index (χ4v) is 7.53. The van der Waals surface area contributed by atoms with Crippen molar-refractivity contribution < 1.29 is 27.4 Å². The first-order chi connectivity index (χ1) is 24.8. The molecule has 0 saturated carbocycles. The summed E-state index contributed by atoms with van der Waals surface area (Å²) in [6.45, 7) is 3.22. The van der Waals surface area contributed by atoms with Crippen molar-refractivity contribution in [2.75, 3.05) is 46.9 Å². The number of piperazine rings is 2. The lowest BCUT2D eigenvalue weighted by Crippen LogP contribution is -2.67. The molecule has 2 aliphatic heterocycles. The van der Waals surface area contributed by atoms with Crippen LogP contribution in [0, 0.1) is 0 Å². The number of carbonyl (C=O) groups excluding carboxylic acids is 1. The van der Waals surface area contributed by atoms with Crippen molar-refractivity contribution in [2.45, 2.75) is 30.7 Å². The lowest BCUT2D eigenvalue weighted by molar-refractivity contribution is -0.146. The van der Waals surface area contributed by atoms with Gasteiger partial charge in [-0.3, -0.25) is 19.6 Å². The zero-order chi connectivity index (χ0) is 35.5. The van der Waals surface area contributed by atoms with Crippen molar-refractivity contribution in [3.8, 4) is 17.2 Å². The Morgan fingerprint density at radius 3 is 2.24 bits per heavy atom. The molecule has 4 heterocycles. The molecule has 2 unspecified atom stereocenters. The summed E-state index contributed by atoms with van der Waals surface area (Å²) >= 11 is 0. The van der Waals surface area contributed by atoms with Crippen molar-refractivity contribution in [3.63, 3.8) is 0 Å². The van der Waals surface area contributed by atoms with Crippen LogP contribution in [0.4, 0.5) is 13.2 Å². The molecule has 51 heavy (non-hydrogen) atoms. The molecule has 0 spiro atoms. The van der Waals surface area contributed by atoms with Crippen molar-refractivity contribution in [3.05, 3.63) is 125 Å². The molecule has 0 aliphatic carbocycles. The number of hydrogen-bond donors (Lipinski definition) is 0. The van der Waals surface area contributed by atoms with Gasteiger partial charge < -0.3 is 14.4 Å². The second kappa shape index (κ2) is 14.5. The summed E-state index contributed by atoms with van der Waals surface area (Å²) in [5, 5.41) is 10.2. The molecule has 264 valence electrons. The molecule has 0 radical (unpaired) electrons. The maximum absolute atomic E-state index is 13.9. The highest BCUT2D eigenvalue weighted by Crippen LogP contribution is 2.40. The van der Waals surface area contributed by atoms with Gasteiger partial charge in [-0.25, -0.2) is 0 Å². The number of ether oxygens (including phenoxy) is 2. The van der Waals surface area contributed by atoms with Crippen molar-refractivity contribution in [1.82, 2.24) is 39.9 Å². The molecule has 5 aromatic rings. The predicted molar refractivity (Wildman–Crippen MR) is 182 cm³/mol. The minimum atomic E-state index is -4.79. The van der Waals surface area contributed by atoms with Gasteiger partial charge in [0.1, 0.15) is 11.4 Å². The molecule has 2 saturated heterocycles. The summed E-state index contributed by atoms with van der Waals surface area (Å²) in [6.07, 6.45) is -1.56. The number of pyridine rings is 1. The number of alkyl halides is 3. The number of amides is 1. The molecule has 2 fully saturated rings. The van der Waals surface area contributed by atoms with Gasteiger partial charge in [-0.1, -0.05) is 60.7 Å². The van der Waals surface area contributed by atoms with Crippen LogP contribution in [-0.2, 0) is 12.7 Å². The van der Waals surface area contributed by atoms with E-state index < -0.39 is 12.0 Å². The first-order valence-electron chi connectivity index (χ1n) is 16.6. The van der Waals surface area contributed by atoms with Crippen LogP contribution in [0.1, 0.15) is 38.8 Å². The SMILES string of the molecule is COc1ccc(-n2nnnc2C(F)(F)F)c(OC)c1CN1CC2CN(C(=O)c3cccnc3)CCN2C(C(c2ccccc2)c2ccccc2)C1. The third-order valence-electron chi connectivity index (χ3n) is 9.72. The topological polar surface area (TPSA) is 102 Å². The molecular formula is C37H37F3N8O3. The van der Waals surface area contributed by atoms with E-state index in [0.29, 0.717) is 54.3 Å². The van der Waals surface area contributed by atoms with Crippen LogP contribution in [0.5, 0.6) is 11.5 Å². The minimum absolute atomic E-state index is 0.0102. The minimum Gasteiger partial charge on any atom is -0.496 e. The highest BCUT2D eigenvalue weighted by Gasteiger charge is 2.44. The molecule has 14 heteroatoms. The molecule has 3 aromatic carbocycles. The van der Waals surface area contributed by atoms with E-state index >= 15 is 0 Å². The summed E-state index contributed by atoms with van der Waals surface area (Å²) in [5.41, 5.74) is 3.47. The van der Waals surface area contributed by atoms with Gasteiger partial charge in [-0.05, 0) is 45.8 Å². The van der Waals surface area contributed by atoms with Gasteiger partial charge in [0.05, 0.1) is 25.3 Å².